The Morgan fingerprint density at radius 1 is 1.35 bits per heavy atom. The minimum Gasteiger partial charge on any atom is -0.477 e. The first kappa shape index (κ1) is 13.4. The standard InChI is InChI=1S/C12H10N4O4/c1-13-11-9(12(17)18)6-14-10(15-11)7-2-4-8(5-3-7)16(19)20/h2-6H,1H3,(H,17,18)(H,13,14,15). The smallest absolute Gasteiger partial charge is 0.341 e. The zero-order chi connectivity index (χ0) is 14.7. The number of nitrogens with one attached hydrogen (secondary N) is 1. The van der Waals surface area contributed by atoms with Gasteiger partial charge in [-0.2, -0.15) is 0 Å². The molecule has 0 atom stereocenters. The lowest BCUT2D eigenvalue weighted by atomic mass is 10.2. The molecule has 0 saturated heterocycles. The van der Waals surface area contributed by atoms with Gasteiger partial charge < -0.3 is 10.4 Å². The Morgan fingerprint density at radius 3 is 2.50 bits per heavy atom. The summed E-state index contributed by atoms with van der Waals surface area (Å²) in [4.78, 5) is 29.1. The predicted octanol–water partition coefficient (Wildman–Crippen LogP) is 1.79. The third-order valence-corrected chi connectivity index (χ3v) is 2.59. The van der Waals surface area contributed by atoms with Crippen molar-refractivity contribution in [2.75, 3.05) is 12.4 Å². The number of hydrogen-bond acceptors (Lipinski definition) is 6. The van der Waals surface area contributed by atoms with Crippen LogP contribution in [0.2, 0.25) is 0 Å². The van der Waals surface area contributed by atoms with E-state index >= 15 is 0 Å². The molecular weight excluding hydrogens is 264 g/mol. The SMILES string of the molecule is CNc1nc(-c2ccc([N+](=O)[O-])cc2)ncc1C(=O)O. The van der Waals surface area contributed by atoms with Crippen LogP contribution < -0.4 is 5.32 Å². The highest BCUT2D eigenvalue weighted by Crippen LogP contribution is 2.21. The van der Waals surface area contributed by atoms with Crippen molar-refractivity contribution < 1.29 is 14.8 Å². The molecule has 8 heteroatoms. The Balaban J connectivity index is 2.42. The molecule has 2 N–H and O–H groups in total. The molecule has 0 radical (unpaired) electrons. The highest BCUT2D eigenvalue weighted by molar-refractivity contribution is 5.93. The monoisotopic (exact) mass is 274 g/mol. The molecule has 2 aromatic rings. The van der Waals surface area contributed by atoms with E-state index in [9.17, 15) is 14.9 Å². The number of nitrogens with zero attached hydrogens (tertiary/aromatic N) is 3. The maximum Gasteiger partial charge on any atom is 0.341 e. The van der Waals surface area contributed by atoms with Crippen LogP contribution in [0.25, 0.3) is 11.4 Å². The van der Waals surface area contributed by atoms with Crippen molar-refractivity contribution in [3.05, 3.63) is 46.1 Å². The van der Waals surface area contributed by atoms with Gasteiger partial charge in [0.15, 0.2) is 5.82 Å². The van der Waals surface area contributed by atoms with E-state index in [4.69, 9.17) is 5.11 Å². The van der Waals surface area contributed by atoms with Crippen LogP contribution in [0.1, 0.15) is 10.4 Å². The molecule has 0 aliphatic carbocycles. The Morgan fingerprint density at radius 2 is 2.00 bits per heavy atom. The van der Waals surface area contributed by atoms with Gasteiger partial charge in [-0.25, -0.2) is 14.8 Å². The van der Waals surface area contributed by atoms with Gasteiger partial charge in [-0.1, -0.05) is 0 Å². The molecule has 0 amide bonds. The third-order valence-electron chi connectivity index (χ3n) is 2.59. The number of nitro groups is 1. The number of nitro benzene ring substituents is 1. The number of carbonyl (C=O) groups is 1. The molecule has 8 nitrogen and oxygen atoms in total. The van der Waals surface area contributed by atoms with Crippen molar-refractivity contribution in [1.29, 1.82) is 0 Å². The van der Waals surface area contributed by atoms with Crippen LogP contribution in [0.3, 0.4) is 0 Å². The number of carboxylic acids is 1. The van der Waals surface area contributed by atoms with Crippen molar-refractivity contribution in [2.45, 2.75) is 0 Å². The lowest BCUT2D eigenvalue weighted by Crippen LogP contribution is -2.07. The van der Waals surface area contributed by atoms with Crippen LogP contribution in [-0.4, -0.2) is 33.0 Å². The van der Waals surface area contributed by atoms with Gasteiger partial charge in [0.25, 0.3) is 5.69 Å². The maximum absolute atomic E-state index is 11.0. The number of aromatic carboxylic acids is 1. The van der Waals surface area contributed by atoms with E-state index < -0.39 is 10.9 Å². The molecule has 0 bridgehead atoms. The zero-order valence-corrected chi connectivity index (χ0v) is 10.4. The molecule has 1 aromatic heterocycles. The number of benzene rings is 1. The van der Waals surface area contributed by atoms with E-state index in [1.165, 1.54) is 30.5 Å². The van der Waals surface area contributed by atoms with Crippen LogP contribution in [0.4, 0.5) is 11.5 Å². The van der Waals surface area contributed by atoms with E-state index in [2.05, 4.69) is 15.3 Å². The number of aromatic nitrogens is 2. The molecule has 1 heterocycles. The maximum atomic E-state index is 11.0. The van der Waals surface area contributed by atoms with E-state index in [1.807, 2.05) is 0 Å². The molecule has 0 fully saturated rings. The predicted molar refractivity (Wildman–Crippen MR) is 70.6 cm³/mol. The van der Waals surface area contributed by atoms with Crippen LogP contribution in [0.5, 0.6) is 0 Å². The van der Waals surface area contributed by atoms with Crippen molar-refractivity contribution in [3.63, 3.8) is 0 Å². The second kappa shape index (κ2) is 5.31. The molecule has 0 aliphatic heterocycles. The van der Waals surface area contributed by atoms with E-state index in [0.29, 0.717) is 5.56 Å². The second-order valence-electron chi connectivity index (χ2n) is 3.82. The fraction of sp³-hybridized carbons (Fsp3) is 0.0833. The highest BCUT2D eigenvalue weighted by atomic mass is 16.6. The summed E-state index contributed by atoms with van der Waals surface area (Å²) in [6, 6.07) is 5.69. The van der Waals surface area contributed by atoms with E-state index in [0.717, 1.165) is 0 Å². The minimum atomic E-state index is -1.13. The van der Waals surface area contributed by atoms with Crippen LogP contribution in [0.15, 0.2) is 30.5 Å². The summed E-state index contributed by atoms with van der Waals surface area (Å²) in [5.41, 5.74) is 0.479. The zero-order valence-electron chi connectivity index (χ0n) is 10.4. The summed E-state index contributed by atoms with van der Waals surface area (Å²) >= 11 is 0. The Labute approximate surface area is 113 Å². The van der Waals surface area contributed by atoms with Crippen LogP contribution in [0, 0.1) is 10.1 Å². The molecule has 1 aromatic carbocycles. The Bertz CT molecular complexity index is 670. The van der Waals surface area contributed by atoms with Gasteiger partial charge in [-0.15, -0.1) is 0 Å². The number of anilines is 1. The first-order valence-electron chi connectivity index (χ1n) is 5.56. The fourth-order valence-electron chi connectivity index (χ4n) is 1.60. The molecule has 0 spiro atoms. The van der Waals surface area contributed by atoms with E-state index in [1.54, 1.807) is 7.05 Å². The summed E-state index contributed by atoms with van der Waals surface area (Å²) in [7, 11) is 1.55. The van der Waals surface area contributed by atoms with Gasteiger partial charge in [0.05, 0.1) is 4.92 Å². The number of hydrogen-bond donors (Lipinski definition) is 2. The first-order chi connectivity index (χ1) is 9.52. The first-order valence-corrected chi connectivity index (χ1v) is 5.56. The molecular formula is C12H10N4O4. The molecule has 0 aliphatic rings. The van der Waals surface area contributed by atoms with Gasteiger partial charge in [0, 0.05) is 30.9 Å². The summed E-state index contributed by atoms with van der Waals surface area (Å²) in [6.07, 6.45) is 1.19. The minimum absolute atomic E-state index is 0.0373. The normalized spacial score (nSPS) is 10.1. The van der Waals surface area contributed by atoms with Gasteiger partial charge in [0.1, 0.15) is 11.4 Å². The average molecular weight is 274 g/mol. The van der Waals surface area contributed by atoms with Gasteiger partial charge in [-0.3, -0.25) is 10.1 Å². The summed E-state index contributed by atoms with van der Waals surface area (Å²) < 4.78 is 0. The second-order valence-corrected chi connectivity index (χ2v) is 3.82. The van der Waals surface area contributed by atoms with Gasteiger partial charge >= 0.3 is 5.97 Å². The lowest BCUT2D eigenvalue weighted by molar-refractivity contribution is -0.384. The molecule has 0 saturated carbocycles. The highest BCUT2D eigenvalue weighted by Gasteiger charge is 2.14. The Kier molecular flexibility index (Phi) is 3.56. The quantitative estimate of drug-likeness (QED) is 0.644. The molecule has 20 heavy (non-hydrogen) atoms. The summed E-state index contributed by atoms with van der Waals surface area (Å²) in [6.45, 7) is 0. The largest absolute Gasteiger partial charge is 0.477 e. The summed E-state index contributed by atoms with van der Waals surface area (Å²) in [5, 5.41) is 22.2. The average Bonchev–Trinajstić information content (AvgIpc) is 2.46. The lowest BCUT2D eigenvalue weighted by Gasteiger charge is -2.06. The van der Waals surface area contributed by atoms with Crippen molar-refractivity contribution in [1.82, 2.24) is 9.97 Å². The van der Waals surface area contributed by atoms with Crippen molar-refractivity contribution in [2.24, 2.45) is 0 Å². The van der Waals surface area contributed by atoms with Gasteiger partial charge in [0.2, 0.25) is 0 Å². The van der Waals surface area contributed by atoms with Crippen molar-refractivity contribution >= 4 is 17.5 Å². The molecule has 2 rings (SSSR count). The van der Waals surface area contributed by atoms with E-state index in [-0.39, 0.29) is 22.9 Å². The van der Waals surface area contributed by atoms with Crippen molar-refractivity contribution in [3.8, 4) is 11.4 Å². The summed E-state index contributed by atoms with van der Waals surface area (Å²) in [5.74, 6) is -0.667. The van der Waals surface area contributed by atoms with Crippen LogP contribution >= 0.6 is 0 Å². The van der Waals surface area contributed by atoms with Gasteiger partial charge in [-0.05, 0) is 12.1 Å². The van der Waals surface area contributed by atoms with Crippen LogP contribution in [-0.2, 0) is 0 Å². The fourth-order valence-corrected chi connectivity index (χ4v) is 1.60. The number of non-ortho nitro benzene ring substituents is 1. The Hall–Kier alpha value is -3.03. The number of rotatable bonds is 4. The molecule has 102 valence electrons. The number of carboxylic acid groups (broad SMARTS) is 1. The topological polar surface area (TPSA) is 118 Å². The molecule has 0 unspecified atom stereocenters. The third kappa shape index (κ3) is 2.53.